The number of nitrogens with two attached hydrogens (primary N) is 2. The molecule has 0 heterocycles. The van der Waals surface area contributed by atoms with E-state index in [0.29, 0.717) is 5.69 Å². The van der Waals surface area contributed by atoms with E-state index < -0.39 is 21.8 Å². The van der Waals surface area contributed by atoms with Crippen molar-refractivity contribution in [3.8, 4) is 0 Å². The number of hydrogen-bond acceptors (Lipinski definition) is 6. The SMILES string of the molecule is CS(=O)(=O)c1ccc(NCC(O)C(N)=O)c(N)c1. The molecule has 0 spiro atoms. The molecule has 6 N–H and O–H groups in total. The van der Waals surface area contributed by atoms with E-state index in [2.05, 4.69) is 5.32 Å². The average Bonchev–Trinajstić information content (AvgIpc) is 2.25. The molecule has 0 saturated heterocycles. The first kappa shape index (κ1) is 14.3. The van der Waals surface area contributed by atoms with Crippen LogP contribution in [0.25, 0.3) is 0 Å². The molecule has 1 aromatic carbocycles. The number of hydrogen-bond donors (Lipinski definition) is 4. The topological polar surface area (TPSA) is 136 Å². The number of nitrogens with one attached hydrogen (secondary N) is 1. The van der Waals surface area contributed by atoms with E-state index in [-0.39, 0.29) is 17.1 Å². The molecule has 1 amide bonds. The molecule has 0 aliphatic carbocycles. The summed E-state index contributed by atoms with van der Waals surface area (Å²) in [6, 6.07) is 4.14. The Bertz CT molecular complexity index is 556. The predicted molar refractivity (Wildman–Crippen MR) is 67.7 cm³/mol. The van der Waals surface area contributed by atoms with Gasteiger partial charge >= 0.3 is 0 Å². The number of carbonyl (C=O) groups excluding carboxylic acids is 1. The van der Waals surface area contributed by atoms with Gasteiger partial charge in [0.2, 0.25) is 5.91 Å². The molecule has 7 nitrogen and oxygen atoms in total. The molecule has 1 aromatic rings. The molecular formula is C10H15N3O4S. The standard InChI is InChI=1S/C10H15N3O4S/c1-18(16,17)6-2-3-8(7(11)4-6)13-5-9(14)10(12)15/h2-4,9,13-14H,5,11H2,1H3,(H2,12,15). The van der Waals surface area contributed by atoms with Gasteiger partial charge in [0.15, 0.2) is 9.84 Å². The fourth-order valence-corrected chi connectivity index (χ4v) is 1.90. The van der Waals surface area contributed by atoms with Crippen LogP contribution in [0, 0.1) is 0 Å². The maximum absolute atomic E-state index is 11.3. The van der Waals surface area contributed by atoms with Gasteiger partial charge in [0, 0.05) is 12.8 Å². The molecule has 0 bridgehead atoms. The normalized spacial score (nSPS) is 13.0. The highest BCUT2D eigenvalue weighted by Crippen LogP contribution is 2.22. The fourth-order valence-electron chi connectivity index (χ4n) is 1.24. The number of anilines is 2. The Labute approximate surface area is 105 Å². The minimum atomic E-state index is -3.32. The Balaban J connectivity index is 2.84. The number of carbonyl (C=O) groups is 1. The van der Waals surface area contributed by atoms with E-state index in [1.54, 1.807) is 0 Å². The van der Waals surface area contributed by atoms with E-state index in [1.165, 1.54) is 18.2 Å². The molecular weight excluding hydrogens is 258 g/mol. The maximum Gasteiger partial charge on any atom is 0.248 e. The van der Waals surface area contributed by atoms with Crippen LogP contribution < -0.4 is 16.8 Å². The second-order valence-corrected chi connectivity index (χ2v) is 5.84. The van der Waals surface area contributed by atoms with Gasteiger partial charge in [-0.3, -0.25) is 4.79 Å². The lowest BCUT2D eigenvalue weighted by Gasteiger charge is -2.12. The number of amides is 1. The van der Waals surface area contributed by atoms with Crippen molar-refractivity contribution in [2.24, 2.45) is 5.73 Å². The second-order valence-electron chi connectivity index (χ2n) is 3.82. The molecule has 100 valence electrons. The number of aliphatic hydroxyl groups excluding tert-OH is 1. The first-order valence-electron chi connectivity index (χ1n) is 5.02. The highest BCUT2D eigenvalue weighted by molar-refractivity contribution is 7.90. The summed E-state index contributed by atoms with van der Waals surface area (Å²) >= 11 is 0. The molecule has 18 heavy (non-hydrogen) atoms. The third kappa shape index (κ3) is 3.60. The Hall–Kier alpha value is -1.80. The van der Waals surface area contributed by atoms with Gasteiger partial charge in [-0.05, 0) is 18.2 Å². The van der Waals surface area contributed by atoms with Gasteiger partial charge in [0.1, 0.15) is 6.10 Å². The Morgan fingerprint density at radius 2 is 2.11 bits per heavy atom. The van der Waals surface area contributed by atoms with Crippen LogP contribution in [0.2, 0.25) is 0 Å². The summed E-state index contributed by atoms with van der Waals surface area (Å²) in [5.74, 6) is -0.853. The molecule has 1 rings (SSSR count). The minimum absolute atomic E-state index is 0.0981. The Kier molecular flexibility index (Phi) is 4.15. The van der Waals surface area contributed by atoms with Crippen molar-refractivity contribution in [2.75, 3.05) is 23.9 Å². The van der Waals surface area contributed by atoms with E-state index >= 15 is 0 Å². The summed E-state index contributed by atoms with van der Waals surface area (Å²) in [5.41, 5.74) is 11.2. The molecule has 0 saturated carbocycles. The quantitative estimate of drug-likeness (QED) is 0.504. The molecule has 0 radical (unpaired) electrons. The largest absolute Gasteiger partial charge is 0.397 e. The summed E-state index contributed by atoms with van der Waals surface area (Å²) in [7, 11) is -3.32. The van der Waals surface area contributed by atoms with Gasteiger partial charge in [-0.25, -0.2) is 8.42 Å². The van der Waals surface area contributed by atoms with Gasteiger partial charge in [-0.1, -0.05) is 0 Å². The zero-order chi connectivity index (χ0) is 13.9. The van der Waals surface area contributed by atoms with Crippen molar-refractivity contribution in [3.05, 3.63) is 18.2 Å². The summed E-state index contributed by atoms with van der Waals surface area (Å²) in [4.78, 5) is 10.7. The maximum atomic E-state index is 11.3. The van der Waals surface area contributed by atoms with Gasteiger partial charge in [-0.15, -0.1) is 0 Å². The number of rotatable bonds is 5. The van der Waals surface area contributed by atoms with Crippen LogP contribution >= 0.6 is 0 Å². The lowest BCUT2D eigenvalue weighted by molar-refractivity contribution is -0.125. The Morgan fingerprint density at radius 3 is 2.56 bits per heavy atom. The summed E-state index contributed by atoms with van der Waals surface area (Å²) < 4.78 is 22.5. The lowest BCUT2D eigenvalue weighted by Crippen LogP contribution is -2.34. The van der Waals surface area contributed by atoms with Crippen molar-refractivity contribution in [2.45, 2.75) is 11.0 Å². The zero-order valence-electron chi connectivity index (χ0n) is 9.75. The van der Waals surface area contributed by atoms with E-state index in [1.807, 2.05) is 0 Å². The van der Waals surface area contributed by atoms with Crippen molar-refractivity contribution in [1.29, 1.82) is 0 Å². The van der Waals surface area contributed by atoms with Crippen molar-refractivity contribution in [1.82, 2.24) is 0 Å². The van der Waals surface area contributed by atoms with Gasteiger partial charge < -0.3 is 21.9 Å². The molecule has 0 aliphatic rings. The van der Waals surface area contributed by atoms with Crippen molar-refractivity contribution >= 4 is 27.1 Å². The number of primary amides is 1. The third-order valence-corrected chi connectivity index (χ3v) is 3.38. The Morgan fingerprint density at radius 1 is 1.50 bits per heavy atom. The van der Waals surface area contributed by atoms with Crippen LogP contribution in [0.5, 0.6) is 0 Å². The van der Waals surface area contributed by atoms with Gasteiger partial charge in [0.25, 0.3) is 0 Å². The minimum Gasteiger partial charge on any atom is -0.397 e. The molecule has 0 aromatic heterocycles. The van der Waals surface area contributed by atoms with Crippen LogP contribution in [0.1, 0.15) is 0 Å². The fraction of sp³-hybridized carbons (Fsp3) is 0.300. The molecule has 0 fully saturated rings. The van der Waals surface area contributed by atoms with Crippen LogP contribution in [-0.2, 0) is 14.6 Å². The van der Waals surface area contributed by atoms with Crippen molar-refractivity contribution < 1.29 is 18.3 Å². The van der Waals surface area contributed by atoms with Crippen LogP contribution in [0.15, 0.2) is 23.1 Å². The number of aliphatic hydroxyl groups is 1. The number of benzene rings is 1. The van der Waals surface area contributed by atoms with E-state index in [0.717, 1.165) is 6.26 Å². The van der Waals surface area contributed by atoms with Crippen LogP contribution in [0.3, 0.4) is 0 Å². The first-order valence-corrected chi connectivity index (χ1v) is 6.92. The highest BCUT2D eigenvalue weighted by Gasteiger charge is 2.12. The number of sulfone groups is 1. The highest BCUT2D eigenvalue weighted by atomic mass is 32.2. The summed E-state index contributed by atoms with van der Waals surface area (Å²) in [6.07, 6.45) is -0.259. The third-order valence-electron chi connectivity index (χ3n) is 2.27. The molecule has 8 heteroatoms. The first-order chi connectivity index (χ1) is 8.21. The summed E-state index contributed by atoms with van der Waals surface area (Å²) in [6.45, 7) is -0.0994. The smallest absolute Gasteiger partial charge is 0.248 e. The van der Waals surface area contributed by atoms with Gasteiger partial charge in [-0.2, -0.15) is 0 Å². The zero-order valence-corrected chi connectivity index (χ0v) is 10.6. The predicted octanol–water partition coefficient (Wildman–Crippen LogP) is -1.07. The van der Waals surface area contributed by atoms with Gasteiger partial charge in [0.05, 0.1) is 16.3 Å². The molecule has 1 atom stereocenters. The molecule has 0 aliphatic heterocycles. The number of nitrogen functional groups attached to an aromatic ring is 1. The van der Waals surface area contributed by atoms with Crippen molar-refractivity contribution in [3.63, 3.8) is 0 Å². The second kappa shape index (κ2) is 5.23. The van der Waals surface area contributed by atoms with Crippen LogP contribution in [0.4, 0.5) is 11.4 Å². The summed E-state index contributed by atoms with van der Waals surface area (Å²) in [5, 5.41) is 11.9. The average molecular weight is 273 g/mol. The lowest BCUT2D eigenvalue weighted by atomic mass is 10.2. The monoisotopic (exact) mass is 273 g/mol. The van der Waals surface area contributed by atoms with E-state index in [9.17, 15) is 18.3 Å². The van der Waals surface area contributed by atoms with Crippen LogP contribution in [-0.4, -0.2) is 38.3 Å². The van der Waals surface area contributed by atoms with E-state index in [4.69, 9.17) is 11.5 Å². The molecule has 1 unspecified atom stereocenters.